The molecule has 0 unspecified atom stereocenters. The van der Waals surface area contributed by atoms with E-state index in [4.69, 9.17) is 33.7 Å². The van der Waals surface area contributed by atoms with Crippen LogP contribution in [0.4, 0.5) is 10.2 Å². The van der Waals surface area contributed by atoms with E-state index in [9.17, 15) is 4.39 Å². The first-order chi connectivity index (χ1) is 11.5. The van der Waals surface area contributed by atoms with Gasteiger partial charge in [0.25, 0.3) is 0 Å². The normalized spacial score (nSPS) is 10.6. The minimum atomic E-state index is -0.299. The van der Waals surface area contributed by atoms with Gasteiger partial charge in [-0.25, -0.2) is 9.37 Å². The van der Waals surface area contributed by atoms with Crippen LogP contribution >= 0.6 is 23.2 Å². The summed E-state index contributed by atoms with van der Waals surface area (Å²) in [4.78, 5) is 4.13. The molecule has 1 heterocycles. The van der Waals surface area contributed by atoms with Crippen molar-refractivity contribution in [3.63, 3.8) is 0 Å². The monoisotopic (exact) mass is 362 g/mol. The van der Waals surface area contributed by atoms with Crippen LogP contribution in [-0.4, -0.2) is 4.98 Å². The molecule has 3 rings (SSSR count). The van der Waals surface area contributed by atoms with E-state index in [1.165, 1.54) is 12.1 Å². The van der Waals surface area contributed by atoms with Crippen LogP contribution in [0.25, 0.3) is 11.1 Å². The summed E-state index contributed by atoms with van der Waals surface area (Å²) in [7, 11) is 0. The Morgan fingerprint density at radius 3 is 2.33 bits per heavy atom. The fourth-order valence-electron chi connectivity index (χ4n) is 2.19. The predicted octanol–water partition coefficient (Wildman–Crippen LogP) is 5.36. The largest absolute Gasteiger partial charge is 0.485 e. The smallest absolute Gasteiger partial charge is 0.166 e. The van der Waals surface area contributed by atoms with Gasteiger partial charge in [-0.3, -0.25) is 0 Å². The molecule has 0 amide bonds. The lowest BCUT2D eigenvalue weighted by atomic mass is 10.1. The number of halogens is 3. The van der Waals surface area contributed by atoms with E-state index in [2.05, 4.69) is 4.98 Å². The standard InChI is InChI=1S/C18H13Cl2FN2O/c19-15-2-1-3-16(20)14(15)10-24-17-8-12(9-23-18(17)22)11-4-6-13(21)7-5-11/h1-9H,10H2,(H2,22,23). The van der Waals surface area contributed by atoms with Crippen LogP contribution in [0.2, 0.25) is 10.0 Å². The Labute approximate surface area is 148 Å². The highest BCUT2D eigenvalue weighted by molar-refractivity contribution is 6.35. The quantitative estimate of drug-likeness (QED) is 0.679. The van der Waals surface area contributed by atoms with Crippen LogP contribution in [0.5, 0.6) is 5.75 Å². The molecule has 2 aromatic carbocycles. The van der Waals surface area contributed by atoms with Crippen molar-refractivity contribution in [2.45, 2.75) is 6.61 Å². The topological polar surface area (TPSA) is 48.1 Å². The second-order valence-electron chi connectivity index (χ2n) is 5.10. The number of rotatable bonds is 4. The summed E-state index contributed by atoms with van der Waals surface area (Å²) < 4.78 is 18.8. The molecule has 0 spiro atoms. The van der Waals surface area contributed by atoms with Crippen molar-refractivity contribution in [1.29, 1.82) is 0 Å². The maximum atomic E-state index is 13.0. The molecule has 0 aliphatic rings. The molecule has 122 valence electrons. The lowest BCUT2D eigenvalue weighted by molar-refractivity contribution is 0.307. The maximum absolute atomic E-state index is 13.0. The van der Waals surface area contributed by atoms with Crippen molar-refractivity contribution >= 4 is 29.0 Å². The number of hydrogen-bond acceptors (Lipinski definition) is 3. The lowest BCUT2D eigenvalue weighted by Crippen LogP contribution is -2.02. The maximum Gasteiger partial charge on any atom is 0.166 e. The molecule has 2 N–H and O–H groups in total. The number of hydrogen-bond donors (Lipinski definition) is 1. The lowest BCUT2D eigenvalue weighted by Gasteiger charge is -2.12. The van der Waals surface area contributed by atoms with Gasteiger partial charge in [0.15, 0.2) is 11.6 Å². The average Bonchev–Trinajstić information content (AvgIpc) is 2.57. The Balaban J connectivity index is 1.86. The van der Waals surface area contributed by atoms with Gasteiger partial charge in [-0.05, 0) is 35.9 Å². The minimum absolute atomic E-state index is 0.164. The number of ether oxygens (including phenoxy) is 1. The number of nitrogens with two attached hydrogens (primary N) is 1. The number of pyridine rings is 1. The zero-order chi connectivity index (χ0) is 17.1. The summed E-state index contributed by atoms with van der Waals surface area (Å²) >= 11 is 12.3. The summed E-state index contributed by atoms with van der Waals surface area (Å²) in [6, 6.07) is 13.1. The molecule has 1 aromatic heterocycles. The summed E-state index contributed by atoms with van der Waals surface area (Å²) in [5.74, 6) is 0.365. The van der Waals surface area contributed by atoms with E-state index < -0.39 is 0 Å². The molecule has 0 atom stereocenters. The highest BCUT2D eigenvalue weighted by Gasteiger charge is 2.10. The molecule has 3 nitrogen and oxygen atoms in total. The molecule has 0 bridgehead atoms. The Morgan fingerprint density at radius 2 is 1.67 bits per heavy atom. The molecule has 6 heteroatoms. The van der Waals surface area contributed by atoms with Crippen molar-refractivity contribution in [1.82, 2.24) is 4.98 Å². The summed E-state index contributed by atoms with van der Waals surface area (Å²) in [5, 5.41) is 1.03. The van der Waals surface area contributed by atoms with Gasteiger partial charge in [0.05, 0.1) is 0 Å². The molecule has 0 fully saturated rings. The molecule has 0 aliphatic carbocycles. The van der Waals surface area contributed by atoms with Crippen LogP contribution in [0.1, 0.15) is 5.56 Å². The summed E-state index contributed by atoms with van der Waals surface area (Å²) in [6.45, 7) is 0.164. The van der Waals surface area contributed by atoms with Gasteiger partial charge in [-0.15, -0.1) is 0 Å². The Hall–Kier alpha value is -2.30. The SMILES string of the molecule is Nc1ncc(-c2ccc(F)cc2)cc1OCc1c(Cl)cccc1Cl. The van der Waals surface area contributed by atoms with E-state index in [0.717, 1.165) is 11.1 Å². The van der Waals surface area contributed by atoms with Crippen molar-refractivity contribution in [3.8, 4) is 16.9 Å². The number of nitrogens with zero attached hydrogens (tertiary/aromatic N) is 1. The third kappa shape index (κ3) is 3.61. The van der Waals surface area contributed by atoms with E-state index in [1.807, 2.05) is 0 Å². The molecular weight excluding hydrogens is 350 g/mol. The highest BCUT2D eigenvalue weighted by atomic mass is 35.5. The molecule has 24 heavy (non-hydrogen) atoms. The van der Waals surface area contributed by atoms with Crippen LogP contribution in [0.3, 0.4) is 0 Å². The Kier molecular flexibility index (Phi) is 4.88. The number of anilines is 1. The van der Waals surface area contributed by atoms with Crippen molar-refractivity contribution in [2.75, 3.05) is 5.73 Å². The Morgan fingerprint density at radius 1 is 1.00 bits per heavy atom. The third-order valence-corrected chi connectivity index (χ3v) is 4.20. The van der Waals surface area contributed by atoms with Crippen molar-refractivity contribution in [2.24, 2.45) is 0 Å². The fraction of sp³-hybridized carbons (Fsp3) is 0.0556. The molecule has 0 aliphatic heterocycles. The van der Waals surface area contributed by atoms with Crippen LogP contribution in [0, 0.1) is 5.82 Å². The third-order valence-electron chi connectivity index (χ3n) is 3.49. The van der Waals surface area contributed by atoms with Gasteiger partial charge in [0.1, 0.15) is 12.4 Å². The van der Waals surface area contributed by atoms with E-state index in [1.54, 1.807) is 42.6 Å². The first kappa shape index (κ1) is 16.6. The second kappa shape index (κ2) is 7.07. The van der Waals surface area contributed by atoms with Crippen molar-refractivity contribution in [3.05, 3.63) is 76.2 Å². The molecule has 3 aromatic rings. The van der Waals surface area contributed by atoms with Crippen LogP contribution < -0.4 is 10.5 Å². The van der Waals surface area contributed by atoms with Gasteiger partial charge in [0.2, 0.25) is 0 Å². The molecule has 0 saturated heterocycles. The molecule has 0 saturated carbocycles. The number of benzene rings is 2. The minimum Gasteiger partial charge on any atom is -0.485 e. The van der Waals surface area contributed by atoms with E-state index >= 15 is 0 Å². The zero-order valence-corrected chi connectivity index (χ0v) is 14.0. The van der Waals surface area contributed by atoms with Gasteiger partial charge in [-0.2, -0.15) is 0 Å². The predicted molar refractivity (Wildman–Crippen MR) is 94.8 cm³/mol. The van der Waals surface area contributed by atoms with Crippen LogP contribution in [-0.2, 0) is 6.61 Å². The average molecular weight is 363 g/mol. The first-order valence-corrected chi connectivity index (χ1v) is 7.87. The highest BCUT2D eigenvalue weighted by Crippen LogP contribution is 2.30. The second-order valence-corrected chi connectivity index (χ2v) is 5.92. The van der Waals surface area contributed by atoms with E-state index in [0.29, 0.717) is 21.4 Å². The number of aromatic nitrogens is 1. The van der Waals surface area contributed by atoms with Gasteiger partial charge in [-0.1, -0.05) is 41.4 Å². The Bertz CT molecular complexity index is 849. The number of nitrogen functional groups attached to an aromatic ring is 1. The first-order valence-electron chi connectivity index (χ1n) is 7.12. The molecule has 0 radical (unpaired) electrons. The van der Waals surface area contributed by atoms with E-state index in [-0.39, 0.29) is 18.2 Å². The fourth-order valence-corrected chi connectivity index (χ4v) is 2.70. The van der Waals surface area contributed by atoms with Gasteiger partial charge < -0.3 is 10.5 Å². The van der Waals surface area contributed by atoms with Crippen LogP contribution in [0.15, 0.2) is 54.7 Å². The summed E-state index contributed by atoms with van der Waals surface area (Å²) in [6.07, 6.45) is 1.61. The zero-order valence-electron chi connectivity index (χ0n) is 12.5. The van der Waals surface area contributed by atoms with Gasteiger partial charge in [0, 0.05) is 27.4 Å². The van der Waals surface area contributed by atoms with Gasteiger partial charge >= 0.3 is 0 Å². The molecular formula is C18H13Cl2FN2O. The van der Waals surface area contributed by atoms with Crippen molar-refractivity contribution < 1.29 is 9.13 Å². The summed E-state index contributed by atoms with van der Waals surface area (Å²) in [5.41, 5.74) is 8.12.